The highest BCUT2D eigenvalue weighted by Crippen LogP contribution is 2.46. The first kappa shape index (κ1) is 39.5. The topological polar surface area (TPSA) is 103 Å². The number of carbonyl (C=O) groups excluding carboxylic acids is 3. The zero-order valence-corrected chi connectivity index (χ0v) is 28.6. The molecule has 0 aromatic carbocycles. The first-order valence-electron chi connectivity index (χ1n) is 17.3. The molecule has 1 aliphatic carbocycles. The molecule has 252 valence electrons. The Bertz CT molecular complexity index is 759. The smallest absolute Gasteiger partial charge is 0.220 e. The molecule has 1 rings (SSSR count). The predicted octanol–water partition coefficient (Wildman–Crippen LogP) is 6.49. The quantitative estimate of drug-likeness (QED) is 0.109. The van der Waals surface area contributed by atoms with Crippen LogP contribution in [0.15, 0.2) is 0 Å². The number of nitrogens with one attached hydrogen (secondary N) is 2. The lowest BCUT2D eigenvalue weighted by atomic mass is 9.62. The highest BCUT2D eigenvalue weighted by atomic mass is 16.5. The van der Waals surface area contributed by atoms with E-state index in [0.29, 0.717) is 70.5 Å². The van der Waals surface area contributed by atoms with Crippen molar-refractivity contribution in [2.45, 2.75) is 125 Å². The molecule has 2 N–H and O–H groups in total. The van der Waals surface area contributed by atoms with Crippen molar-refractivity contribution in [3.63, 3.8) is 0 Å². The van der Waals surface area contributed by atoms with Crippen molar-refractivity contribution in [3.05, 3.63) is 0 Å². The van der Waals surface area contributed by atoms with Crippen molar-refractivity contribution >= 4 is 17.6 Å². The molecule has 1 aliphatic rings. The lowest BCUT2D eigenvalue weighted by molar-refractivity contribution is -0.124. The lowest BCUT2D eigenvalue weighted by Crippen LogP contribution is -2.33. The molecule has 8 nitrogen and oxygen atoms in total. The molecule has 43 heavy (non-hydrogen) atoms. The Morgan fingerprint density at radius 2 is 1.33 bits per heavy atom. The summed E-state index contributed by atoms with van der Waals surface area (Å²) in [6.45, 7) is 17.9. The summed E-state index contributed by atoms with van der Waals surface area (Å²) in [5, 5.41) is 5.81. The molecule has 0 aromatic rings. The monoisotopic (exact) mass is 610 g/mol. The normalized spacial score (nSPS) is 19.5. The highest BCUT2D eigenvalue weighted by molar-refractivity contribution is 5.83. The van der Waals surface area contributed by atoms with Gasteiger partial charge in [-0.1, -0.05) is 73.1 Å². The second-order valence-corrected chi connectivity index (χ2v) is 13.8. The SMILES string of the molecule is CC(=O)CCC(=O)NCCCOCCOCCOCCCNC(=O)CC(C)CCCC(C)CCC1C(C)CCCC1(C)C. The van der Waals surface area contributed by atoms with E-state index in [1.54, 1.807) is 0 Å². The second kappa shape index (κ2) is 23.8. The summed E-state index contributed by atoms with van der Waals surface area (Å²) < 4.78 is 16.6. The van der Waals surface area contributed by atoms with Gasteiger partial charge in [0.1, 0.15) is 5.78 Å². The van der Waals surface area contributed by atoms with Crippen LogP contribution >= 0.6 is 0 Å². The molecule has 0 spiro atoms. The molecule has 2 amide bonds. The van der Waals surface area contributed by atoms with Gasteiger partial charge in [0.2, 0.25) is 11.8 Å². The van der Waals surface area contributed by atoms with E-state index in [9.17, 15) is 14.4 Å². The van der Waals surface area contributed by atoms with E-state index < -0.39 is 0 Å². The summed E-state index contributed by atoms with van der Waals surface area (Å²) in [5.74, 6) is 3.00. The van der Waals surface area contributed by atoms with Gasteiger partial charge in [-0.3, -0.25) is 9.59 Å². The van der Waals surface area contributed by atoms with Crippen molar-refractivity contribution in [3.8, 4) is 0 Å². The Hall–Kier alpha value is -1.51. The number of carbonyl (C=O) groups is 3. The van der Waals surface area contributed by atoms with Gasteiger partial charge in [0.05, 0.1) is 26.4 Å². The van der Waals surface area contributed by atoms with Crippen LogP contribution in [0, 0.1) is 29.1 Å². The van der Waals surface area contributed by atoms with Gasteiger partial charge in [-0.2, -0.15) is 0 Å². The second-order valence-electron chi connectivity index (χ2n) is 13.8. The van der Waals surface area contributed by atoms with E-state index in [4.69, 9.17) is 14.2 Å². The molecule has 0 radical (unpaired) electrons. The standard InChI is InChI=1S/C35H66N2O6/c1-28(14-16-32-30(3)13-8-18-35(32,5)6)11-7-12-29(2)27-34(40)37-20-10-22-42-24-26-43-25-23-41-21-9-19-36-33(39)17-15-31(4)38/h28-30,32H,7-27H2,1-6H3,(H,36,39)(H,37,40). The molecule has 1 fully saturated rings. The van der Waals surface area contributed by atoms with Crippen LogP contribution in [-0.2, 0) is 28.6 Å². The average molecular weight is 611 g/mol. The molecular formula is C35H66N2O6. The van der Waals surface area contributed by atoms with Crippen LogP contribution in [0.1, 0.15) is 125 Å². The Morgan fingerprint density at radius 1 is 0.767 bits per heavy atom. The molecule has 4 unspecified atom stereocenters. The molecule has 0 aromatic heterocycles. The Labute approximate surface area is 263 Å². The summed E-state index contributed by atoms with van der Waals surface area (Å²) in [7, 11) is 0. The van der Waals surface area contributed by atoms with Crippen molar-refractivity contribution in [1.82, 2.24) is 10.6 Å². The van der Waals surface area contributed by atoms with Gasteiger partial charge < -0.3 is 29.6 Å². The summed E-state index contributed by atoms with van der Waals surface area (Å²) in [6.07, 6.45) is 13.2. The maximum absolute atomic E-state index is 12.3. The zero-order chi connectivity index (χ0) is 31.9. The average Bonchev–Trinajstić information content (AvgIpc) is 2.93. The molecule has 4 atom stereocenters. The zero-order valence-electron chi connectivity index (χ0n) is 28.6. The fourth-order valence-electron chi connectivity index (χ4n) is 6.35. The number of ether oxygens (including phenoxy) is 3. The van der Waals surface area contributed by atoms with Gasteiger partial charge in [-0.05, 0) is 61.7 Å². The minimum Gasteiger partial charge on any atom is -0.379 e. The van der Waals surface area contributed by atoms with Gasteiger partial charge >= 0.3 is 0 Å². The van der Waals surface area contributed by atoms with E-state index >= 15 is 0 Å². The maximum Gasteiger partial charge on any atom is 0.220 e. The molecule has 1 saturated carbocycles. The third kappa shape index (κ3) is 21.0. The van der Waals surface area contributed by atoms with Gasteiger partial charge in [0.25, 0.3) is 0 Å². The van der Waals surface area contributed by atoms with Crippen molar-refractivity contribution in [2.24, 2.45) is 29.1 Å². The Balaban J connectivity index is 1.89. The van der Waals surface area contributed by atoms with Gasteiger partial charge in [0, 0.05) is 45.6 Å². The number of hydrogen-bond acceptors (Lipinski definition) is 6. The Kier molecular flexibility index (Phi) is 21.9. The fraction of sp³-hybridized carbons (Fsp3) is 0.914. The van der Waals surface area contributed by atoms with Gasteiger partial charge in [-0.15, -0.1) is 0 Å². The molecule has 0 aliphatic heterocycles. The molecule has 8 heteroatoms. The van der Waals surface area contributed by atoms with Crippen LogP contribution in [0.5, 0.6) is 0 Å². The minimum atomic E-state index is -0.0970. The van der Waals surface area contributed by atoms with Crippen LogP contribution in [0.2, 0.25) is 0 Å². The maximum atomic E-state index is 12.3. The minimum absolute atomic E-state index is 0.0253. The van der Waals surface area contributed by atoms with E-state index in [2.05, 4.69) is 45.3 Å². The van der Waals surface area contributed by atoms with E-state index in [-0.39, 0.29) is 30.4 Å². The number of ketones is 1. The third-order valence-electron chi connectivity index (χ3n) is 9.09. The first-order chi connectivity index (χ1) is 20.5. The number of Topliss-reactive ketones (excluding diaryl/α,β-unsaturated/α-hetero) is 1. The van der Waals surface area contributed by atoms with Crippen LogP contribution in [0.3, 0.4) is 0 Å². The summed E-state index contributed by atoms with van der Waals surface area (Å²) >= 11 is 0. The van der Waals surface area contributed by atoms with Crippen LogP contribution in [0.25, 0.3) is 0 Å². The number of amides is 2. The number of hydrogen-bond donors (Lipinski definition) is 2. The number of rotatable bonds is 26. The highest BCUT2D eigenvalue weighted by Gasteiger charge is 2.36. The third-order valence-corrected chi connectivity index (χ3v) is 9.09. The van der Waals surface area contributed by atoms with Crippen molar-refractivity contribution in [1.29, 1.82) is 0 Å². The molecular weight excluding hydrogens is 544 g/mol. The van der Waals surface area contributed by atoms with Crippen molar-refractivity contribution in [2.75, 3.05) is 52.7 Å². The fourth-order valence-corrected chi connectivity index (χ4v) is 6.35. The molecule has 0 bridgehead atoms. The van der Waals surface area contributed by atoms with Crippen molar-refractivity contribution < 1.29 is 28.6 Å². The van der Waals surface area contributed by atoms with Gasteiger partial charge in [-0.25, -0.2) is 0 Å². The van der Waals surface area contributed by atoms with Crippen LogP contribution in [0.4, 0.5) is 0 Å². The van der Waals surface area contributed by atoms with Crippen LogP contribution < -0.4 is 10.6 Å². The lowest BCUT2D eigenvalue weighted by Gasteiger charge is -2.43. The predicted molar refractivity (Wildman–Crippen MR) is 174 cm³/mol. The first-order valence-corrected chi connectivity index (χ1v) is 17.3. The van der Waals surface area contributed by atoms with E-state index in [0.717, 1.165) is 37.0 Å². The summed E-state index contributed by atoms with van der Waals surface area (Å²) in [4.78, 5) is 34.7. The summed E-state index contributed by atoms with van der Waals surface area (Å²) in [5.41, 5.74) is 0.500. The van der Waals surface area contributed by atoms with E-state index in [1.807, 2.05) is 0 Å². The Morgan fingerprint density at radius 3 is 1.91 bits per heavy atom. The van der Waals surface area contributed by atoms with Gasteiger partial charge in [0.15, 0.2) is 0 Å². The van der Waals surface area contributed by atoms with E-state index in [1.165, 1.54) is 51.9 Å². The van der Waals surface area contributed by atoms with Crippen LogP contribution in [-0.4, -0.2) is 70.3 Å². The largest absolute Gasteiger partial charge is 0.379 e. The summed E-state index contributed by atoms with van der Waals surface area (Å²) in [6, 6.07) is 0. The molecule has 0 heterocycles. The molecule has 0 saturated heterocycles.